The van der Waals surface area contributed by atoms with Gasteiger partial charge in [-0.25, -0.2) is 4.98 Å². The molecule has 0 saturated carbocycles. The van der Waals surface area contributed by atoms with Crippen LogP contribution in [0.15, 0.2) is 36.5 Å². The van der Waals surface area contributed by atoms with Gasteiger partial charge in [-0.15, -0.1) is 0 Å². The van der Waals surface area contributed by atoms with Crippen LogP contribution in [0.4, 0.5) is 5.82 Å². The third kappa shape index (κ3) is 4.47. The second-order valence-electron chi connectivity index (χ2n) is 7.91. The summed E-state index contributed by atoms with van der Waals surface area (Å²) >= 11 is 0. The highest BCUT2D eigenvalue weighted by Gasteiger charge is 2.20. The van der Waals surface area contributed by atoms with Crippen molar-refractivity contribution in [3.05, 3.63) is 53.2 Å². The highest BCUT2D eigenvalue weighted by molar-refractivity contribution is 5.42. The van der Waals surface area contributed by atoms with Gasteiger partial charge in [-0.1, -0.05) is 24.6 Å². The minimum Gasteiger partial charge on any atom is -0.493 e. The van der Waals surface area contributed by atoms with E-state index in [1.165, 1.54) is 16.7 Å². The van der Waals surface area contributed by atoms with Crippen LogP contribution in [-0.4, -0.2) is 49.2 Å². The van der Waals surface area contributed by atoms with Crippen molar-refractivity contribution >= 4 is 5.82 Å². The van der Waals surface area contributed by atoms with E-state index in [0.717, 1.165) is 70.3 Å². The van der Waals surface area contributed by atoms with Gasteiger partial charge in [0.2, 0.25) is 0 Å². The molecule has 2 aliphatic heterocycles. The maximum atomic E-state index is 5.94. The predicted octanol–water partition coefficient (Wildman–Crippen LogP) is 3.54. The molecule has 0 bridgehead atoms. The lowest BCUT2D eigenvalue weighted by Crippen LogP contribution is -2.46. The van der Waals surface area contributed by atoms with Crippen molar-refractivity contribution in [1.29, 1.82) is 0 Å². The molecule has 1 atom stereocenters. The fourth-order valence-electron chi connectivity index (χ4n) is 4.19. The number of nitrogens with zero attached hydrogens (tertiary/aromatic N) is 3. The Morgan fingerprint density at radius 2 is 2.00 bits per heavy atom. The summed E-state index contributed by atoms with van der Waals surface area (Å²) in [5.74, 6) is 2.14. The van der Waals surface area contributed by atoms with Crippen molar-refractivity contribution in [2.75, 3.05) is 44.2 Å². The molecule has 1 saturated heterocycles. The number of hydrogen-bond donors (Lipinski definition) is 1. The van der Waals surface area contributed by atoms with E-state index >= 15 is 0 Å². The molecule has 0 radical (unpaired) electrons. The first-order chi connectivity index (χ1) is 13.7. The number of pyridine rings is 1. The molecule has 1 fully saturated rings. The second kappa shape index (κ2) is 8.93. The maximum Gasteiger partial charge on any atom is 0.128 e. The van der Waals surface area contributed by atoms with Gasteiger partial charge in [-0.3, -0.25) is 0 Å². The highest BCUT2D eigenvalue weighted by atomic mass is 16.5. The van der Waals surface area contributed by atoms with E-state index in [2.05, 4.69) is 64.3 Å². The molecule has 1 aromatic heterocycles. The third-order valence-corrected chi connectivity index (χ3v) is 5.94. The minimum atomic E-state index is 0.335. The number of ether oxygens (including phenoxy) is 1. The van der Waals surface area contributed by atoms with Gasteiger partial charge < -0.3 is 19.9 Å². The van der Waals surface area contributed by atoms with Crippen molar-refractivity contribution in [1.82, 2.24) is 15.2 Å². The first kappa shape index (κ1) is 19.2. The largest absolute Gasteiger partial charge is 0.493 e. The third-order valence-electron chi connectivity index (χ3n) is 5.94. The number of aromatic nitrogens is 1. The Labute approximate surface area is 168 Å². The summed E-state index contributed by atoms with van der Waals surface area (Å²) in [4.78, 5) is 9.54. The van der Waals surface area contributed by atoms with Gasteiger partial charge in [0.05, 0.1) is 6.61 Å². The molecule has 0 aliphatic carbocycles. The van der Waals surface area contributed by atoms with Gasteiger partial charge >= 0.3 is 0 Å². The molecule has 0 amide bonds. The number of aryl methyl sites for hydroxylation is 1. The number of hydrogen-bond acceptors (Lipinski definition) is 5. The van der Waals surface area contributed by atoms with Crippen LogP contribution in [0.2, 0.25) is 0 Å². The van der Waals surface area contributed by atoms with Gasteiger partial charge in [0, 0.05) is 50.5 Å². The molecule has 2 aliphatic rings. The van der Waals surface area contributed by atoms with E-state index in [4.69, 9.17) is 4.74 Å². The van der Waals surface area contributed by atoms with E-state index in [1.807, 2.05) is 6.20 Å². The summed E-state index contributed by atoms with van der Waals surface area (Å²) in [6.45, 7) is 11.5. The molecular formula is C23H32N4O. The van der Waals surface area contributed by atoms with Crippen LogP contribution in [0, 0.1) is 6.92 Å². The Morgan fingerprint density at radius 1 is 1.14 bits per heavy atom. The summed E-state index contributed by atoms with van der Waals surface area (Å²) in [6, 6.07) is 11.2. The van der Waals surface area contributed by atoms with Gasteiger partial charge in [0.1, 0.15) is 11.6 Å². The summed E-state index contributed by atoms with van der Waals surface area (Å²) in [7, 11) is 0. The van der Waals surface area contributed by atoms with Crippen LogP contribution < -0.4 is 15.0 Å². The number of fused-ring (bicyclic) bond motifs is 1. The molecule has 1 N–H and O–H groups in total. The average molecular weight is 381 g/mol. The highest BCUT2D eigenvalue weighted by Crippen LogP contribution is 2.32. The van der Waals surface area contributed by atoms with Crippen molar-refractivity contribution in [3.8, 4) is 5.75 Å². The Balaban J connectivity index is 1.42. The first-order valence-corrected chi connectivity index (χ1v) is 10.6. The standard InChI is InChI=1S/C23H32N4O/c1-3-26-10-12-27(13-11-26)23-16-19(8-9-24-23)17-25-21-5-4-14-28-22-7-6-18(2)15-20(21)22/h6-9,15-16,21,25H,3-5,10-14,17H2,1-2H3/t21-/m1/s1. The molecule has 0 unspecified atom stereocenters. The first-order valence-electron chi connectivity index (χ1n) is 10.6. The molecule has 3 heterocycles. The summed E-state index contributed by atoms with van der Waals surface area (Å²) in [6.07, 6.45) is 4.13. The normalized spacial score (nSPS) is 20.4. The van der Waals surface area contributed by atoms with Gasteiger partial charge in [-0.05, 0) is 50.1 Å². The van der Waals surface area contributed by atoms with Gasteiger partial charge in [0.15, 0.2) is 0 Å². The van der Waals surface area contributed by atoms with E-state index < -0.39 is 0 Å². The minimum absolute atomic E-state index is 0.335. The van der Waals surface area contributed by atoms with Crippen LogP contribution in [0.25, 0.3) is 0 Å². The smallest absolute Gasteiger partial charge is 0.128 e. The van der Waals surface area contributed by atoms with Crippen LogP contribution in [0.1, 0.15) is 42.5 Å². The SMILES string of the molecule is CCN1CCN(c2cc(CN[C@@H]3CCCOc4ccc(C)cc43)ccn2)CC1. The van der Waals surface area contributed by atoms with E-state index in [-0.39, 0.29) is 0 Å². The Morgan fingerprint density at radius 3 is 2.82 bits per heavy atom. The van der Waals surface area contributed by atoms with Crippen LogP contribution in [0.5, 0.6) is 5.75 Å². The second-order valence-corrected chi connectivity index (χ2v) is 7.91. The fourth-order valence-corrected chi connectivity index (χ4v) is 4.19. The number of nitrogens with one attached hydrogen (secondary N) is 1. The van der Waals surface area contributed by atoms with Crippen LogP contribution >= 0.6 is 0 Å². The molecule has 5 heteroatoms. The number of rotatable bonds is 5. The average Bonchev–Trinajstić information content (AvgIpc) is 2.94. The van der Waals surface area contributed by atoms with Crippen molar-refractivity contribution in [2.24, 2.45) is 0 Å². The Bertz CT molecular complexity index is 786. The number of benzene rings is 1. The molecule has 1 aromatic carbocycles. The van der Waals surface area contributed by atoms with E-state index in [0.29, 0.717) is 6.04 Å². The zero-order valence-electron chi connectivity index (χ0n) is 17.2. The lowest BCUT2D eigenvalue weighted by atomic mass is 10.00. The van der Waals surface area contributed by atoms with E-state index in [9.17, 15) is 0 Å². The van der Waals surface area contributed by atoms with Gasteiger partial charge in [0.25, 0.3) is 0 Å². The number of piperazine rings is 1. The molecule has 150 valence electrons. The molecular weight excluding hydrogens is 348 g/mol. The number of likely N-dealkylation sites (N-methyl/N-ethyl adjacent to an activating group) is 1. The van der Waals surface area contributed by atoms with Crippen molar-refractivity contribution in [2.45, 2.75) is 39.3 Å². The van der Waals surface area contributed by atoms with Crippen molar-refractivity contribution in [3.63, 3.8) is 0 Å². The summed E-state index contributed by atoms with van der Waals surface area (Å²) in [5, 5.41) is 3.77. The van der Waals surface area contributed by atoms with Crippen molar-refractivity contribution < 1.29 is 4.74 Å². The van der Waals surface area contributed by atoms with Crippen LogP contribution in [0.3, 0.4) is 0 Å². The molecule has 0 spiro atoms. The maximum absolute atomic E-state index is 5.94. The summed E-state index contributed by atoms with van der Waals surface area (Å²) < 4.78 is 5.94. The zero-order chi connectivity index (χ0) is 19.3. The predicted molar refractivity (Wildman–Crippen MR) is 114 cm³/mol. The van der Waals surface area contributed by atoms with E-state index in [1.54, 1.807) is 0 Å². The molecule has 5 nitrogen and oxygen atoms in total. The Kier molecular flexibility index (Phi) is 6.13. The summed E-state index contributed by atoms with van der Waals surface area (Å²) in [5.41, 5.74) is 3.87. The monoisotopic (exact) mass is 380 g/mol. The molecule has 4 rings (SSSR count). The lowest BCUT2D eigenvalue weighted by Gasteiger charge is -2.34. The lowest BCUT2D eigenvalue weighted by molar-refractivity contribution is 0.270. The molecule has 2 aromatic rings. The topological polar surface area (TPSA) is 40.6 Å². The van der Waals surface area contributed by atoms with Gasteiger partial charge in [-0.2, -0.15) is 0 Å². The number of anilines is 1. The fraction of sp³-hybridized carbons (Fsp3) is 0.522. The zero-order valence-corrected chi connectivity index (χ0v) is 17.2. The Hall–Kier alpha value is -2.11. The van der Waals surface area contributed by atoms with Crippen LogP contribution in [-0.2, 0) is 6.54 Å². The quantitative estimate of drug-likeness (QED) is 0.859. The molecule has 28 heavy (non-hydrogen) atoms.